The summed E-state index contributed by atoms with van der Waals surface area (Å²) < 4.78 is 7.55. The first-order valence-electron chi connectivity index (χ1n) is 7.98. The average Bonchev–Trinajstić information content (AvgIpc) is 2.90. The van der Waals surface area contributed by atoms with Crippen LogP contribution in [-0.2, 0) is 0 Å². The summed E-state index contributed by atoms with van der Waals surface area (Å²) in [6.45, 7) is 4.26. The maximum atomic E-state index is 6.78. The third-order valence-corrected chi connectivity index (χ3v) is 4.99. The summed E-state index contributed by atoms with van der Waals surface area (Å²) in [7, 11) is 5.99. The monoisotopic (exact) mass is 294 g/mol. The summed E-state index contributed by atoms with van der Waals surface area (Å²) in [5.41, 5.74) is 7.81. The van der Waals surface area contributed by atoms with Crippen molar-refractivity contribution in [1.82, 2.24) is 14.7 Å². The third kappa shape index (κ3) is 2.81. The van der Waals surface area contributed by atoms with Crippen LogP contribution in [-0.4, -0.2) is 41.4 Å². The quantitative estimate of drug-likeness (QED) is 0.907. The molecule has 1 saturated carbocycles. The van der Waals surface area contributed by atoms with Crippen molar-refractivity contribution in [2.75, 3.05) is 21.2 Å². The van der Waals surface area contributed by atoms with Crippen LogP contribution in [0.1, 0.15) is 63.7 Å². The second kappa shape index (κ2) is 6.36. The Hall–Kier alpha value is -1.07. The van der Waals surface area contributed by atoms with Crippen LogP contribution in [0.15, 0.2) is 6.20 Å². The summed E-state index contributed by atoms with van der Waals surface area (Å²) in [5, 5.41) is 4.49. The van der Waals surface area contributed by atoms with Crippen LogP contribution < -0.4 is 10.5 Å². The van der Waals surface area contributed by atoms with Gasteiger partial charge in [0.25, 0.3) is 0 Å². The number of methoxy groups -OCH3 is 1. The van der Waals surface area contributed by atoms with Gasteiger partial charge in [-0.1, -0.05) is 19.3 Å². The summed E-state index contributed by atoms with van der Waals surface area (Å²) in [6, 6.07) is 0.186. The van der Waals surface area contributed by atoms with Crippen molar-refractivity contribution in [2.24, 2.45) is 5.73 Å². The van der Waals surface area contributed by atoms with Gasteiger partial charge in [0.2, 0.25) is 0 Å². The minimum atomic E-state index is -0.0901. The molecule has 5 nitrogen and oxygen atoms in total. The van der Waals surface area contributed by atoms with Gasteiger partial charge in [-0.3, -0.25) is 4.68 Å². The van der Waals surface area contributed by atoms with E-state index in [9.17, 15) is 0 Å². The molecule has 0 aromatic carbocycles. The summed E-state index contributed by atoms with van der Waals surface area (Å²) in [5.74, 6) is 0.808. The van der Waals surface area contributed by atoms with E-state index in [1.807, 2.05) is 4.68 Å². The highest BCUT2D eigenvalue weighted by atomic mass is 16.5. The first-order valence-corrected chi connectivity index (χ1v) is 7.98. The standard InChI is InChI=1S/C16H30N4O/c1-12(2)20-14(13(21-5)11-18-20)15(17)16(19(3)4)9-7-6-8-10-16/h11-12,15H,6-10,17H2,1-5H3. The lowest BCUT2D eigenvalue weighted by Crippen LogP contribution is -2.54. The van der Waals surface area contributed by atoms with Crippen LogP contribution in [0.3, 0.4) is 0 Å². The van der Waals surface area contributed by atoms with Crippen molar-refractivity contribution in [2.45, 2.75) is 63.6 Å². The summed E-state index contributed by atoms with van der Waals surface area (Å²) in [4.78, 5) is 2.31. The van der Waals surface area contributed by atoms with E-state index < -0.39 is 0 Å². The van der Waals surface area contributed by atoms with E-state index in [-0.39, 0.29) is 17.6 Å². The van der Waals surface area contributed by atoms with E-state index in [1.165, 1.54) is 19.3 Å². The Morgan fingerprint density at radius 3 is 2.38 bits per heavy atom. The van der Waals surface area contributed by atoms with Gasteiger partial charge in [-0.15, -0.1) is 0 Å². The second-order valence-electron chi connectivity index (χ2n) is 6.67. The molecule has 0 amide bonds. The molecule has 2 rings (SSSR count). The zero-order valence-corrected chi connectivity index (χ0v) is 14.1. The number of rotatable bonds is 5. The molecule has 1 aromatic rings. The van der Waals surface area contributed by atoms with Gasteiger partial charge in [-0.05, 0) is 40.8 Å². The van der Waals surface area contributed by atoms with Crippen molar-refractivity contribution in [1.29, 1.82) is 0 Å². The normalized spacial score (nSPS) is 20.0. The van der Waals surface area contributed by atoms with Gasteiger partial charge in [0.05, 0.1) is 25.0 Å². The molecular weight excluding hydrogens is 264 g/mol. The molecule has 0 radical (unpaired) electrons. The number of hydrogen-bond donors (Lipinski definition) is 1. The van der Waals surface area contributed by atoms with Crippen LogP contribution in [0, 0.1) is 0 Å². The van der Waals surface area contributed by atoms with Gasteiger partial charge >= 0.3 is 0 Å². The van der Waals surface area contributed by atoms with Gasteiger partial charge < -0.3 is 15.4 Å². The Bertz CT molecular complexity index is 461. The maximum absolute atomic E-state index is 6.78. The zero-order valence-electron chi connectivity index (χ0n) is 14.1. The molecule has 120 valence electrons. The van der Waals surface area contributed by atoms with Crippen molar-refractivity contribution in [3.8, 4) is 5.75 Å². The van der Waals surface area contributed by atoms with Crippen LogP contribution in [0.2, 0.25) is 0 Å². The molecule has 1 aromatic heterocycles. The molecule has 1 unspecified atom stereocenters. The van der Waals surface area contributed by atoms with Gasteiger partial charge in [-0.25, -0.2) is 0 Å². The topological polar surface area (TPSA) is 56.3 Å². The Labute approximate surface area is 128 Å². The highest BCUT2D eigenvalue weighted by Gasteiger charge is 2.43. The number of likely N-dealkylation sites (N-methyl/N-ethyl adjacent to an activating group) is 1. The molecule has 0 bridgehead atoms. The smallest absolute Gasteiger partial charge is 0.161 e. The lowest BCUT2D eigenvalue weighted by Gasteiger charge is -2.47. The highest BCUT2D eigenvalue weighted by Crippen LogP contribution is 2.43. The van der Waals surface area contributed by atoms with Crippen molar-refractivity contribution in [3.63, 3.8) is 0 Å². The molecule has 0 spiro atoms. The van der Waals surface area contributed by atoms with Crippen molar-refractivity contribution in [3.05, 3.63) is 11.9 Å². The molecule has 1 aliphatic rings. The summed E-state index contributed by atoms with van der Waals surface area (Å²) >= 11 is 0. The predicted molar refractivity (Wildman–Crippen MR) is 85.6 cm³/mol. The molecule has 0 saturated heterocycles. The van der Waals surface area contributed by atoms with Gasteiger partial charge in [0.15, 0.2) is 5.75 Å². The van der Waals surface area contributed by atoms with Crippen LogP contribution in [0.4, 0.5) is 0 Å². The number of aromatic nitrogens is 2. The SMILES string of the molecule is COc1cnn(C(C)C)c1C(N)C1(N(C)C)CCCCC1. The van der Waals surface area contributed by atoms with E-state index in [2.05, 4.69) is 37.9 Å². The molecule has 2 N–H and O–H groups in total. The van der Waals surface area contributed by atoms with E-state index in [4.69, 9.17) is 10.5 Å². The number of ether oxygens (including phenoxy) is 1. The second-order valence-corrected chi connectivity index (χ2v) is 6.67. The molecule has 1 aliphatic carbocycles. The maximum Gasteiger partial charge on any atom is 0.161 e. The van der Waals surface area contributed by atoms with E-state index in [1.54, 1.807) is 13.3 Å². The Morgan fingerprint density at radius 1 is 1.29 bits per heavy atom. The molecule has 0 aliphatic heterocycles. The minimum absolute atomic E-state index is 0.00178. The number of nitrogens with zero attached hydrogens (tertiary/aromatic N) is 3. The zero-order chi connectivity index (χ0) is 15.6. The Balaban J connectivity index is 2.45. The van der Waals surface area contributed by atoms with Gasteiger partial charge in [0, 0.05) is 11.6 Å². The highest BCUT2D eigenvalue weighted by molar-refractivity contribution is 5.31. The molecule has 1 atom stereocenters. The molecule has 1 fully saturated rings. The molecular formula is C16H30N4O. The van der Waals surface area contributed by atoms with Crippen LogP contribution in [0.5, 0.6) is 5.75 Å². The fourth-order valence-electron chi connectivity index (χ4n) is 3.68. The lowest BCUT2D eigenvalue weighted by atomic mass is 9.74. The molecule has 21 heavy (non-hydrogen) atoms. The Morgan fingerprint density at radius 2 is 1.90 bits per heavy atom. The van der Waals surface area contributed by atoms with E-state index >= 15 is 0 Å². The fourth-order valence-corrected chi connectivity index (χ4v) is 3.68. The fraction of sp³-hybridized carbons (Fsp3) is 0.812. The number of nitrogens with two attached hydrogens (primary N) is 1. The minimum Gasteiger partial charge on any atom is -0.493 e. The van der Waals surface area contributed by atoms with Crippen LogP contribution >= 0.6 is 0 Å². The lowest BCUT2D eigenvalue weighted by molar-refractivity contribution is 0.0668. The van der Waals surface area contributed by atoms with Crippen LogP contribution in [0.25, 0.3) is 0 Å². The predicted octanol–water partition coefficient (Wildman–Crippen LogP) is 2.74. The largest absolute Gasteiger partial charge is 0.493 e. The molecule has 5 heteroatoms. The first kappa shape index (κ1) is 16.3. The third-order valence-electron chi connectivity index (χ3n) is 4.99. The molecule has 1 heterocycles. The number of hydrogen-bond acceptors (Lipinski definition) is 4. The van der Waals surface area contributed by atoms with Crippen molar-refractivity contribution >= 4 is 0 Å². The average molecular weight is 294 g/mol. The Kier molecular flexibility index (Phi) is 4.94. The van der Waals surface area contributed by atoms with Gasteiger partial charge in [-0.2, -0.15) is 5.10 Å². The van der Waals surface area contributed by atoms with E-state index in [0.29, 0.717) is 0 Å². The van der Waals surface area contributed by atoms with Crippen molar-refractivity contribution < 1.29 is 4.74 Å². The first-order chi connectivity index (χ1) is 9.94. The summed E-state index contributed by atoms with van der Waals surface area (Å²) in [6.07, 6.45) is 7.85. The van der Waals surface area contributed by atoms with Gasteiger partial charge in [0.1, 0.15) is 0 Å². The van der Waals surface area contributed by atoms with E-state index in [0.717, 1.165) is 24.3 Å².